The lowest BCUT2D eigenvalue weighted by atomic mass is 10.3. The molecule has 0 aliphatic carbocycles. The van der Waals surface area contributed by atoms with Crippen LogP contribution in [0.15, 0.2) is 54.6 Å². The van der Waals surface area contributed by atoms with Crippen molar-refractivity contribution in [2.45, 2.75) is 13.0 Å². The van der Waals surface area contributed by atoms with E-state index in [1.54, 1.807) is 0 Å². The van der Waals surface area contributed by atoms with Gasteiger partial charge in [0.15, 0.2) is 0 Å². The van der Waals surface area contributed by atoms with Crippen molar-refractivity contribution >= 4 is 34.0 Å². The molecule has 0 heterocycles. The van der Waals surface area contributed by atoms with E-state index in [2.05, 4.69) is 0 Å². The van der Waals surface area contributed by atoms with Crippen LogP contribution in [0.4, 0.5) is 0 Å². The average Bonchev–Trinajstić information content (AvgIpc) is 2.40. The first-order chi connectivity index (χ1) is 8.62. The SMILES string of the molecule is CC[Si](Cl)(Cl)c1ccc(Oc2ccccc2)cc1. The van der Waals surface area contributed by atoms with Crippen molar-refractivity contribution in [3.63, 3.8) is 0 Å². The van der Waals surface area contributed by atoms with Crippen molar-refractivity contribution in [3.05, 3.63) is 54.6 Å². The van der Waals surface area contributed by atoms with Crippen molar-refractivity contribution in [3.8, 4) is 11.5 Å². The van der Waals surface area contributed by atoms with E-state index >= 15 is 0 Å². The smallest absolute Gasteiger partial charge is 0.280 e. The Morgan fingerprint density at radius 2 is 1.44 bits per heavy atom. The third kappa shape index (κ3) is 3.28. The Bertz CT molecular complexity index is 497. The molecule has 0 unspecified atom stereocenters. The molecule has 2 rings (SSSR count). The van der Waals surface area contributed by atoms with Crippen LogP contribution in [0.2, 0.25) is 6.04 Å². The first-order valence-corrected chi connectivity index (χ1v) is 10.1. The fourth-order valence-corrected chi connectivity index (χ4v) is 3.41. The topological polar surface area (TPSA) is 9.23 Å². The molecule has 0 atom stereocenters. The molecule has 94 valence electrons. The number of halogens is 2. The van der Waals surface area contributed by atoms with Gasteiger partial charge in [-0.1, -0.05) is 37.3 Å². The lowest BCUT2D eigenvalue weighted by molar-refractivity contribution is 0.483. The third-order valence-electron chi connectivity index (χ3n) is 2.70. The van der Waals surface area contributed by atoms with Gasteiger partial charge in [0.25, 0.3) is 6.69 Å². The second-order valence-corrected chi connectivity index (χ2v) is 11.1. The maximum Gasteiger partial charge on any atom is 0.280 e. The monoisotopic (exact) mass is 296 g/mol. The highest BCUT2D eigenvalue weighted by molar-refractivity contribution is 7.50. The van der Waals surface area contributed by atoms with Crippen LogP contribution in [0.25, 0.3) is 0 Å². The zero-order valence-electron chi connectivity index (χ0n) is 10.1. The molecule has 0 bridgehead atoms. The van der Waals surface area contributed by atoms with E-state index in [1.807, 2.05) is 61.5 Å². The molecule has 0 N–H and O–H groups in total. The highest BCUT2D eigenvalue weighted by Crippen LogP contribution is 2.23. The first kappa shape index (κ1) is 13.5. The number of rotatable bonds is 4. The highest BCUT2D eigenvalue weighted by atomic mass is 35.7. The molecule has 18 heavy (non-hydrogen) atoms. The number of ether oxygens (including phenoxy) is 1. The van der Waals surface area contributed by atoms with Gasteiger partial charge in [0, 0.05) is 0 Å². The van der Waals surface area contributed by atoms with E-state index in [1.165, 1.54) is 0 Å². The Morgan fingerprint density at radius 3 is 2.00 bits per heavy atom. The Labute approximate surface area is 118 Å². The van der Waals surface area contributed by atoms with Crippen molar-refractivity contribution in [1.82, 2.24) is 0 Å². The van der Waals surface area contributed by atoms with E-state index in [0.717, 1.165) is 22.7 Å². The molecule has 0 spiro atoms. The number of hydrogen-bond donors (Lipinski definition) is 0. The summed E-state index contributed by atoms with van der Waals surface area (Å²) >= 11 is 12.6. The van der Waals surface area contributed by atoms with Gasteiger partial charge in [-0.2, -0.15) is 0 Å². The molecule has 0 radical (unpaired) electrons. The molecule has 1 nitrogen and oxygen atoms in total. The summed E-state index contributed by atoms with van der Waals surface area (Å²) in [5.74, 6) is 1.61. The van der Waals surface area contributed by atoms with Gasteiger partial charge in [0.1, 0.15) is 11.5 Å². The Hall–Kier alpha value is -0.963. The van der Waals surface area contributed by atoms with Crippen LogP contribution in [0.1, 0.15) is 6.92 Å². The van der Waals surface area contributed by atoms with Crippen LogP contribution in [-0.2, 0) is 0 Å². The number of benzene rings is 2. The predicted molar refractivity (Wildman–Crippen MR) is 80.5 cm³/mol. The molecule has 0 aromatic heterocycles. The zero-order chi connectivity index (χ0) is 13.0. The van der Waals surface area contributed by atoms with E-state index < -0.39 is 6.69 Å². The summed E-state index contributed by atoms with van der Waals surface area (Å²) in [7, 11) is 0. The van der Waals surface area contributed by atoms with Gasteiger partial charge in [0.2, 0.25) is 0 Å². The van der Waals surface area contributed by atoms with Crippen molar-refractivity contribution < 1.29 is 4.74 Å². The summed E-state index contributed by atoms with van der Waals surface area (Å²) in [6, 6.07) is 18.2. The standard InChI is InChI=1S/C14H14Cl2OSi/c1-2-18(15,16)14-10-8-13(9-11-14)17-12-6-4-3-5-7-12/h3-11H,2H2,1H3. The summed E-state index contributed by atoms with van der Waals surface area (Å²) < 4.78 is 5.71. The van der Waals surface area contributed by atoms with Gasteiger partial charge in [-0.05, 0) is 35.5 Å². The largest absolute Gasteiger partial charge is 0.457 e. The van der Waals surface area contributed by atoms with Gasteiger partial charge in [-0.15, -0.1) is 22.2 Å². The summed E-state index contributed by atoms with van der Waals surface area (Å²) in [5, 5.41) is 1.02. The highest BCUT2D eigenvalue weighted by Gasteiger charge is 2.28. The van der Waals surface area contributed by atoms with Gasteiger partial charge in [-0.3, -0.25) is 0 Å². The Kier molecular flexibility index (Phi) is 4.33. The fourth-order valence-electron chi connectivity index (χ4n) is 1.60. The summed E-state index contributed by atoms with van der Waals surface area (Å²) in [5.41, 5.74) is 0. The molecule has 0 aliphatic heterocycles. The summed E-state index contributed by atoms with van der Waals surface area (Å²) in [6.45, 7) is -0.265. The normalized spacial score (nSPS) is 11.3. The second-order valence-electron chi connectivity index (χ2n) is 4.00. The first-order valence-electron chi connectivity index (χ1n) is 5.83. The molecular formula is C14H14Cl2OSi. The molecule has 0 saturated carbocycles. The second kappa shape index (κ2) is 5.78. The van der Waals surface area contributed by atoms with Crippen LogP contribution in [0.5, 0.6) is 11.5 Å². The number of para-hydroxylation sites is 1. The summed E-state index contributed by atoms with van der Waals surface area (Å²) in [6.07, 6.45) is 0. The van der Waals surface area contributed by atoms with E-state index in [9.17, 15) is 0 Å². The Balaban J connectivity index is 2.14. The van der Waals surface area contributed by atoms with Gasteiger partial charge >= 0.3 is 0 Å². The van der Waals surface area contributed by atoms with Crippen LogP contribution in [0, 0.1) is 0 Å². The van der Waals surface area contributed by atoms with Crippen molar-refractivity contribution in [1.29, 1.82) is 0 Å². The minimum atomic E-state index is -2.28. The quantitative estimate of drug-likeness (QED) is 0.591. The fraction of sp³-hybridized carbons (Fsp3) is 0.143. The van der Waals surface area contributed by atoms with Crippen LogP contribution in [-0.4, -0.2) is 6.69 Å². The van der Waals surface area contributed by atoms with Crippen LogP contribution >= 0.6 is 22.2 Å². The maximum atomic E-state index is 6.32. The Morgan fingerprint density at radius 1 is 0.889 bits per heavy atom. The lowest BCUT2D eigenvalue weighted by Crippen LogP contribution is -2.35. The van der Waals surface area contributed by atoms with E-state index in [-0.39, 0.29) is 0 Å². The molecule has 0 amide bonds. The predicted octanol–water partition coefficient (Wildman–Crippen LogP) is 4.63. The zero-order valence-corrected chi connectivity index (χ0v) is 12.6. The minimum Gasteiger partial charge on any atom is -0.457 e. The molecular weight excluding hydrogens is 283 g/mol. The van der Waals surface area contributed by atoms with Crippen molar-refractivity contribution in [2.75, 3.05) is 0 Å². The molecule has 0 aliphatic rings. The summed E-state index contributed by atoms with van der Waals surface area (Å²) in [4.78, 5) is 0. The molecule has 0 saturated heterocycles. The third-order valence-corrected chi connectivity index (χ3v) is 7.68. The molecule has 2 aromatic carbocycles. The van der Waals surface area contributed by atoms with E-state index in [4.69, 9.17) is 26.9 Å². The maximum absolute atomic E-state index is 6.32. The average molecular weight is 297 g/mol. The van der Waals surface area contributed by atoms with Gasteiger partial charge < -0.3 is 4.74 Å². The minimum absolute atomic E-state index is 0.791. The molecule has 2 aromatic rings. The van der Waals surface area contributed by atoms with Crippen LogP contribution < -0.4 is 9.92 Å². The lowest BCUT2D eigenvalue weighted by Gasteiger charge is -2.15. The van der Waals surface area contributed by atoms with E-state index in [0.29, 0.717) is 0 Å². The van der Waals surface area contributed by atoms with Crippen LogP contribution in [0.3, 0.4) is 0 Å². The van der Waals surface area contributed by atoms with Gasteiger partial charge in [0.05, 0.1) is 0 Å². The van der Waals surface area contributed by atoms with Crippen molar-refractivity contribution in [2.24, 2.45) is 0 Å². The molecule has 4 heteroatoms. The molecule has 0 fully saturated rings. The number of hydrogen-bond acceptors (Lipinski definition) is 1. The van der Waals surface area contributed by atoms with Gasteiger partial charge in [-0.25, -0.2) is 0 Å².